The maximum atomic E-state index is 14.4. The van der Waals surface area contributed by atoms with Crippen molar-refractivity contribution in [1.29, 1.82) is 0 Å². The first-order valence-corrected chi connectivity index (χ1v) is 15.4. The molecule has 4 aromatic rings. The van der Waals surface area contributed by atoms with E-state index >= 15 is 0 Å². The summed E-state index contributed by atoms with van der Waals surface area (Å²) in [6.07, 6.45) is 5.95. The van der Waals surface area contributed by atoms with Gasteiger partial charge in [0.2, 0.25) is 0 Å². The smallest absolute Gasteiger partial charge is 0.275 e. The lowest BCUT2D eigenvalue weighted by atomic mass is 9.93. The third kappa shape index (κ3) is 6.24. The minimum atomic E-state index is -0.379. The van der Waals surface area contributed by atoms with Gasteiger partial charge in [-0.3, -0.25) is 14.7 Å². The van der Waals surface area contributed by atoms with Gasteiger partial charge in [0.05, 0.1) is 40.3 Å². The van der Waals surface area contributed by atoms with Gasteiger partial charge >= 0.3 is 0 Å². The first kappa shape index (κ1) is 30.5. The van der Waals surface area contributed by atoms with Crippen LogP contribution in [0.5, 0.6) is 0 Å². The average molecular weight is 603 g/mol. The third-order valence-electron chi connectivity index (χ3n) is 8.19. The predicted octanol–water partition coefficient (Wildman–Crippen LogP) is 5.83. The summed E-state index contributed by atoms with van der Waals surface area (Å²) in [5.41, 5.74) is 5.38. The molecule has 0 radical (unpaired) electrons. The number of carbonyl (C=O) groups excluding carboxylic acids is 2. The molecule has 0 saturated carbocycles. The zero-order valence-corrected chi connectivity index (χ0v) is 25.8. The van der Waals surface area contributed by atoms with E-state index in [1.165, 1.54) is 0 Å². The van der Waals surface area contributed by atoms with E-state index in [-0.39, 0.29) is 35.2 Å². The topological polar surface area (TPSA) is 107 Å². The van der Waals surface area contributed by atoms with Crippen LogP contribution < -0.4 is 0 Å². The van der Waals surface area contributed by atoms with E-state index < -0.39 is 0 Å². The standard InChI is InChI=1S/C33H39ClN6O3/c1-4-6-16-38(17-7-5-2)33(43)31-30(34)22(3)40(37-31)29-13-12-24(28-14-15-35-36-28)19-27(29)32(42)39-20-25-11-9-8-10-23(25)18-26(39)21-41/h8-15,19,26,41H,4-7,16-18,20-21H2,1-3H3,(H,35,36)/t26-/m0/s1. The van der Waals surface area contributed by atoms with E-state index in [1.807, 2.05) is 53.4 Å². The zero-order valence-electron chi connectivity index (χ0n) is 25.0. The Morgan fingerprint density at radius 1 is 1.07 bits per heavy atom. The zero-order chi connectivity index (χ0) is 30.5. The summed E-state index contributed by atoms with van der Waals surface area (Å²) in [4.78, 5) is 31.7. The molecule has 5 rings (SSSR count). The van der Waals surface area contributed by atoms with Gasteiger partial charge in [-0.05, 0) is 55.5 Å². The lowest BCUT2D eigenvalue weighted by Gasteiger charge is -2.36. The Bertz CT molecular complexity index is 1570. The number of aliphatic hydroxyl groups is 1. The number of aromatic nitrogens is 4. The molecule has 1 aliphatic heterocycles. The number of hydrogen-bond donors (Lipinski definition) is 2. The van der Waals surface area contributed by atoms with Crippen molar-refractivity contribution >= 4 is 23.4 Å². The molecule has 2 aromatic carbocycles. The summed E-state index contributed by atoms with van der Waals surface area (Å²) in [6.45, 7) is 7.49. The van der Waals surface area contributed by atoms with Gasteiger partial charge < -0.3 is 14.9 Å². The molecule has 9 nitrogen and oxygen atoms in total. The molecule has 0 bridgehead atoms. The Labute approximate surface area is 257 Å². The average Bonchev–Trinajstić information content (AvgIpc) is 3.68. The lowest BCUT2D eigenvalue weighted by Crippen LogP contribution is -2.46. The minimum Gasteiger partial charge on any atom is -0.394 e. The van der Waals surface area contributed by atoms with Gasteiger partial charge in [-0.2, -0.15) is 10.2 Å². The van der Waals surface area contributed by atoms with Crippen LogP contribution in [0.1, 0.15) is 77.2 Å². The molecule has 3 heterocycles. The van der Waals surface area contributed by atoms with Crippen molar-refractivity contribution in [2.24, 2.45) is 0 Å². The molecule has 2 aromatic heterocycles. The minimum absolute atomic E-state index is 0.160. The van der Waals surface area contributed by atoms with E-state index in [9.17, 15) is 14.7 Å². The number of benzene rings is 2. The van der Waals surface area contributed by atoms with Crippen LogP contribution in [0, 0.1) is 6.92 Å². The van der Waals surface area contributed by atoms with Crippen molar-refractivity contribution in [2.45, 2.75) is 65.5 Å². The molecule has 1 aliphatic rings. The number of rotatable bonds is 11. The molecule has 10 heteroatoms. The number of aliphatic hydroxyl groups excluding tert-OH is 1. The van der Waals surface area contributed by atoms with Gasteiger partial charge in [-0.15, -0.1) is 0 Å². The maximum absolute atomic E-state index is 14.4. The van der Waals surface area contributed by atoms with Crippen LogP contribution in [0.2, 0.25) is 5.02 Å². The molecular weight excluding hydrogens is 564 g/mol. The molecule has 2 N–H and O–H groups in total. The van der Waals surface area contributed by atoms with Crippen molar-refractivity contribution in [2.75, 3.05) is 19.7 Å². The highest BCUT2D eigenvalue weighted by Gasteiger charge is 2.33. The second-order valence-electron chi connectivity index (χ2n) is 11.1. The highest BCUT2D eigenvalue weighted by Crippen LogP contribution is 2.32. The van der Waals surface area contributed by atoms with E-state index in [1.54, 1.807) is 22.7 Å². The van der Waals surface area contributed by atoms with Gasteiger partial charge in [0.1, 0.15) is 0 Å². The SMILES string of the molecule is CCCCN(CCCC)C(=O)c1nn(-c2ccc(-c3ccn[nH]3)cc2C(=O)N2Cc3ccccc3C[C@H]2CO)c(C)c1Cl. The van der Waals surface area contributed by atoms with Crippen LogP contribution in [0.15, 0.2) is 54.7 Å². The fraction of sp³-hybridized carbons (Fsp3) is 0.394. The van der Waals surface area contributed by atoms with Crippen molar-refractivity contribution in [3.8, 4) is 16.9 Å². The van der Waals surface area contributed by atoms with Crippen LogP contribution in [0.3, 0.4) is 0 Å². The Balaban J connectivity index is 1.58. The number of hydrogen-bond acceptors (Lipinski definition) is 5. The fourth-order valence-electron chi connectivity index (χ4n) is 5.64. The maximum Gasteiger partial charge on any atom is 0.275 e. The summed E-state index contributed by atoms with van der Waals surface area (Å²) < 4.78 is 1.60. The van der Waals surface area contributed by atoms with Gasteiger partial charge in [-0.25, -0.2) is 4.68 Å². The normalized spacial score (nSPS) is 14.5. The van der Waals surface area contributed by atoms with E-state index in [0.29, 0.717) is 43.0 Å². The molecule has 1 atom stereocenters. The van der Waals surface area contributed by atoms with Crippen LogP contribution >= 0.6 is 11.6 Å². The number of halogens is 1. The second-order valence-corrected chi connectivity index (χ2v) is 11.5. The predicted molar refractivity (Wildman–Crippen MR) is 168 cm³/mol. The Kier molecular flexibility index (Phi) is 9.62. The molecule has 0 spiro atoms. The second kappa shape index (κ2) is 13.6. The molecule has 0 saturated heterocycles. The van der Waals surface area contributed by atoms with E-state index in [4.69, 9.17) is 16.7 Å². The summed E-state index contributed by atoms with van der Waals surface area (Å²) in [6, 6.07) is 15.0. The molecule has 0 aliphatic carbocycles. The quantitative estimate of drug-likeness (QED) is 0.225. The molecule has 0 unspecified atom stereocenters. The van der Waals surface area contributed by atoms with Crippen molar-refractivity contribution in [3.63, 3.8) is 0 Å². The third-order valence-corrected chi connectivity index (χ3v) is 8.64. The number of carbonyl (C=O) groups is 2. The highest BCUT2D eigenvalue weighted by molar-refractivity contribution is 6.34. The van der Waals surface area contributed by atoms with Crippen LogP contribution in [0.4, 0.5) is 0 Å². The van der Waals surface area contributed by atoms with Crippen LogP contribution in [-0.2, 0) is 13.0 Å². The molecule has 0 fully saturated rings. The van der Waals surface area contributed by atoms with Gasteiger partial charge in [0.15, 0.2) is 5.69 Å². The summed E-state index contributed by atoms with van der Waals surface area (Å²) in [5.74, 6) is -0.444. The summed E-state index contributed by atoms with van der Waals surface area (Å²) >= 11 is 6.79. The largest absolute Gasteiger partial charge is 0.394 e. The van der Waals surface area contributed by atoms with Gasteiger partial charge in [0.25, 0.3) is 11.8 Å². The summed E-state index contributed by atoms with van der Waals surface area (Å²) in [7, 11) is 0. The monoisotopic (exact) mass is 602 g/mol. The number of H-pyrrole nitrogens is 1. The number of unbranched alkanes of at least 4 members (excludes halogenated alkanes) is 2. The lowest BCUT2D eigenvalue weighted by molar-refractivity contribution is 0.0544. The number of aromatic amines is 1. The van der Waals surface area contributed by atoms with Crippen LogP contribution in [-0.4, -0.2) is 72.4 Å². The number of nitrogens with one attached hydrogen (secondary N) is 1. The first-order chi connectivity index (χ1) is 20.9. The molecule has 2 amide bonds. The Hall–Kier alpha value is -3.95. The fourth-order valence-corrected chi connectivity index (χ4v) is 5.83. The van der Waals surface area contributed by atoms with Crippen molar-refractivity contribution in [1.82, 2.24) is 29.8 Å². The van der Waals surface area contributed by atoms with E-state index in [0.717, 1.165) is 48.1 Å². The molecule has 43 heavy (non-hydrogen) atoms. The van der Waals surface area contributed by atoms with Crippen molar-refractivity contribution < 1.29 is 14.7 Å². The first-order valence-electron chi connectivity index (χ1n) is 15.0. The number of nitrogens with zero attached hydrogens (tertiary/aromatic N) is 5. The molecule has 226 valence electrons. The van der Waals surface area contributed by atoms with Crippen LogP contribution in [0.25, 0.3) is 16.9 Å². The van der Waals surface area contributed by atoms with Crippen molar-refractivity contribution in [3.05, 3.63) is 87.8 Å². The van der Waals surface area contributed by atoms with Gasteiger partial charge in [0, 0.05) is 31.4 Å². The number of amides is 2. The highest BCUT2D eigenvalue weighted by atomic mass is 35.5. The van der Waals surface area contributed by atoms with Gasteiger partial charge in [-0.1, -0.05) is 68.6 Å². The number of fused-ring (bicyclic) bond motifs is 1. The summed E-state index contributed by atoms with van der Waals surface area (Å²) in [5, 5.41) is 22.4. The molecular formula is C33H39ClN6O3. The Morgan fingerprint density at radius 3 is 2.44 bits per heavy atom. The van der Waals surface area contributed by atoms with E-state index in [2.05, 4.69) is 24.0 Å². The Morgan fingerprint density at radius 2 is 1.79 bits per heavy atom.